The van der Waals surface area contributed by atoms with Crippen LogP contribution < -0.4 is 10.6 Å². The van der Waals surface area contributed by atoms with Crippen molar-refractivity contribution in [3.05, 3.63) is 42.2 Å². The van der Waals surface area contributed by atoms with Gasteiger partial charge in [0, 0.05) is 43.6 Å². The maximum absolute atomic E-state index is 12.5. The summed E-state index contributed by atoms with van der Waals surface area (Å²) < 4.78 is 7.41. The van der Waals surface area contributed by atoms with Crippen molar-refractivity contribution in [2.24, 2.45) is 0 Å². The molecule has 9 nitrogen and oxygen atoms in total. The van der Waals surface area contributed by atoms with E-state index in [1.807, 2.05) is 36.7 Å². The number of anilines is 2. The van der Waals surface area contributed by atoms with Crippen molar-refractivity contribution in [2.45, 2.75) is 38.1 Å². The summed E-state index contributed by atoms with van der Waals surface area (Å²) in [4.78, 5) is 23.9. The Hall–Kier alpha value is -3.04. The van der Waals surface area contributed by atoms with Gasteiger partial charge in [-0.25, -0.2) is 9.67 Å². The fourth-order valence-electron chi connectivity index (χ4n) is 4.58. The SMILES string of the molecule is O=C(NCCN1CCOCC1)c1ccc(Nc2ncc3cnn(C4CCCCC4)c3n2)cc1. The zero-order valence-electron chi connectivity index (χ0n) is 18.9. The summed E-state index contributed by atoms with van der Waals surface area (Å²) in [6.45, 7) is 4.84. The first-order valence-corrected chi connectivity index (χ1v) is 11.9. The van der Waals surface area contributed by atoms with Crippen molar-refractivity contribution in [2.75, 3.05) is 44.7 Å². The van der Waals surface area contributed by atoms with Crippen LogP contribution in [0.25, 0.3) is 11.0 Å². The van der Waals surface area contributed by atoms with Gasteiger partial charge in [-0.05, 0) is 37.1 Å². The Bertz CT molecular complexity index is 1070. The quantitative estimate of drug-likeness (QED) is 0.572. The van der Waals surface area contributed by atoms with E-state index in [0.717, 1.165) is 62.4 Å². The zero-order valence-corrected chi connectivity index (χ0v) is 18.9. The number of morpholine rings is 1. The molecular weight excluding hydrogens is 418 g/mol. The predicted molar refractivity (Wildman–Crippen MR) is 127 cm³/mol. The van der Waals surface area contributed by atoms with Crippen molar-refractivity contribution < 1.29 is 9.53 Å². The van der Waals surface area contributed by atoms with Gasteiger partial charge in [0.2, 0.25) is 5.95 Å². The Kier molecular flexibility index (Phi) is 6.78. The average Bonchev–Trinajstić information content (AvgIpc) is 3.29. The van der Waals surface area contributed by atoms with E-state index in [1.165, 1.54) is 19.3 Å². The van der Waals surface area contributed by atoms with Crippen LogP contribution in [0.2, 0.25) is 0 Å². The second-order valence-electron chi connectivity index (χ2n) is 8.77. The van der Waals surface area contributed by atoms with Gasteiger partial charge >= 0.3 is 0 Å². The van der Waals surface area contributed by atoms with Crippen molar-refractivity contribution in [3.63, 3.8) is 0 Å². The van der Waals surface area contributed by atoms with Gasteiger partial charge in [-0.1, -0.05) is 19.3 Å². The van der Waals surface area contributed by atoms with E-state index in [1.54, 1.807) is 0 Å². The number of hydrogen-bond acceptors (Lipinski definition) is 7. The van der Waals surface area contributed by atoms with E-state index in [4.69, 9.17) is 9.72 Å². The number of benzene rings is 1. The largest absolute Gasteiger partial charge is 0.379 e. The van der Waals surface area contributed by atoms with Crippen LogP contribution in [0.15, 0.2) is 36.7 Å². The molecule has 33 heavy (non-hydrogen) atoms. The number of fused-ring (bicyclic) bond motifs is 1. The Morgan fingerprint density at radius 1 is 1.06 bits per heavy atom. The molecule has 5 rings (SSSR count). The Balaban J connectivity index is 1.19. The van der Waals surface area contributed by atoms with Crippen LogP contribution in [0.4, 0.5) is 11.6 Å². The molecule has 0 bridgehead atoms. The van der Waals surface area contributed by atoms with Crippen LogP contribution in [-0.2, 0) is 4.74 Å². The van der Waals surface area contributed by atoms with Crippen LogP contribution in [0.5, 0.6) is 0 Å². The Labute approximate surface area is 193 Å². The molecule has 1 aromatic carbocycles. The molecule has 3 heterocycles. The monoisotopic (exact) mass is 449 g/mol. The number of rotatable bonds is 7. The number of aromatic nitrogens is 4. The molecular formula is C24H31N7O2. The van der Waals surface area contributed by atoms with E-state index in [9.17, 15) is 4.79 Å². The molecule has 2 aliphatic rings. The highest BCUT2D eigenvalue weighted by atomic mass is 16.5. The maximum Gasteiger partial charge on any atom is 0.251 e. The van der Waals surface area contributed by atoms with Gasteiger partial charge in [0.05, 0.1) is 30.8 Å². The molecule has 1 saturated carbocycles. The van der Waals surface area contributed by atoms with Gasteiger partial charge < -0.3 is 15.4 Å². The van der Waals surface area contributed by atoms with Crippen LogP contribution >= 0.6 is 0 Å². The molecule has 1 aliphatic heterocycles. The summed E-state index contributed by atoms with van der Waals surface area (Å²) in [6, 6.07) is 7.81. The number of nitrogens with zero attached hydrogens (tertiary/aromatic N) is 5. The molecule has 1 aliphatic carbocycles. The normalized spacial score (nSPS) is 17.8. The van der Waals surface area contributed by atoms with E-state index < -0.39 is 0 Å². The lowest BCUT2D eigenvalue weighted by Gasteiger charge is -2.26. The van der Waals surface area contributed by atoms with Crippen molar-refractivity contribution >= 4 is 28.6 Å². The van der Waals surface area contributed by atoms with E-state index in [-0.39, 0.29) is 5.91 Å². The minimum atomic E-state index is -0.0659. The van der Waals surface area contributed by atoms with Crippen LogP contribution in [-0.4, -0.2) is 69.9 Å². The summed E-state index contributed by atoms with van der Waals surface area (Å²) in [5.41, 5.74) is 2.34. The molecule has 0 radical (unpaired) electrons. The van der Waals surface area contributed by atoms with E-state index in [2.05, 4.69) is 30.3 Å². The molecule has 2 N–H and O–H groups in total. The first-order chi connectivity index (χ1) is 16.3. The van der Waals surface area contributed by atoms with Gasteiger partial charge in [0.25, 0.3) is 5.91 Å². The predicted octanol–water partition coefficient (Wildman–Crippen LogP) is 3.14. The van der Waals surface area contributed by atoms with Gasteiger partial charge in [-0.2, -0.15) is 10.1 Å². The lowest BCUT2D eigenvalue weighted by Crippen LogP contribution is -2.41. The molecule has 1 amide bonds. The lowest BCUT2D eigenvalue weighted by atomic mass is 9.96. The van der Waals surface area contributed by atoms with E-state index >= 15 is 0 Å². The van der Waals surface area contributed by atoms with Crippen molar-refractivity contribution in [1.29, 1.82) is 0 Å². The third kappa shape index (κ3) is 5.31. The zero-order chi connectivity index (χ0) is 22.5. The maximum atomic E-state index is 12.5. The molecule has 174 valence electrons. The number of ether oxygens (including phenoxy) is 1. The third-order valence-corrected chi connectivity index (χ3v) is 6.48. The lowest BCUT2D eigenvalue weighted by molar-refractivity contribution is 0.0383. The Morgan fingerprint density at radius 2 is 1.85 bits per heavy atom. The van der Waals surface area contributed by atoms with Crippen molar-refractivity contribution in [1.82, 2.24) is 30.0 Å². The molecule has 0 unspecified atom stereocenters. The number of amides is 1. The second-order valence-corrected chi connectivity index (χ2v) is 8.77. The van der Waals surface area contributed by atoms with Gasteiger partial charge in [-0.3, -0.25) is 9.69 Å². The standard InChI is InChI=1S/C24H31N7O2/c32-23(25-10-11-30-12-14-33-15-13-30)18-6-8-20(9-7-18)28-24-26-16-19-17-27-31(22(19)29-24)21-4-2-1-3-5-21/h6-9,16-17,21H,1-5,10-15H2,(H,25,32)(H,26,28,29). The number of nitrogens with one attached hydrogen (secondary N) is 2. The minimum absolute atomic E-state index is 0.0659. The third-order valence-electron chi connectivity index (χ3n) is 6.48. The molecule has 0 atom stereocenters. The molecule has 2 fully saturated rings. The minimum Gasteiger partial charge on any atom is -0.379 e. The van der Waals surface area contributed by atoms with Crippen LogP contribution in [0.3, 0.4) is 0 Å². The molecule has 1 saturated heterocycles. The smallest absolute Gasteiger partial charge is 0.251 e. The Morgan fingerprint density at radius 3 is 2.64 bits per heavy atom. The molecule has 3 aromatic rings. The number of hydrogen-bond donors (Lipinski definition) is 2. The van der Waals surface area contributed by atoms with Gasteiger partial charge in [0.1, 0.15) is 0 Å². The van der Waals surface area contributed by atoms with Crippen LogP contribution in [0.1, 0.15) is 48.5 Å². The average molecular weight is 450 g/mol. The van der Waals surface area contributed by atoms with Crippen LogP contribution in [0, 0.1) is 0 Å². The summed E-state index contributed by atoms with van der Waals surface area (Å²) in [5.74, 6) is 0.464. The fraction of sp³-hybridized carbons (Fsp3) is 0.500. The number of carbonyl (C=O) groups is 1. The summed E-state index contributed by atoms with van der Waals surface area (Å²) in [6.07, 6.45) is 9.76. The highest BCUT2D eigenvalue weighted by Crippen LogP contribution is 2.30. The molecule has 2 aromatic heterocycles. The van der Waals surface area contributed by atoms with Gasteiger partial charge in [-0.15, -0.1) is 0 Å². The molecule has 9 heteroatoms. The number of carbonyl (C=O) groups excluding carboxylic acids is 1. The topological polar surface area (TPSA) is 97.2 Å². The van der Waals surface area contributed by atoms with E-state index in [0.29, 0.717) is 24.1 Å². The first-order valence-electron chi connectivity index (χ1n) is 11.9. The van der Waals surface area contributed by atoms with Gasteiger partial charge in [0.15, 0.2) is 5.65 Å². The summed E-state index contributed by atoms with van der Waals surface area (Å²) in [7, 11) is 0. The second kappa shape index (κ2) is 10.3. The fourth-order valence-corrected chi connectivity index (χ4v) is 4.58. The van der Waals surface area contributed by atoms with Crippen molar-refractivity contribution in [3.8, 4) is 0 Å². The molecule has 0 spiro atoms. The summed E-state index contributed by atoms with van der Waals surface area (Å²) >= 11 is 0. The summed E-state index contributed by atoms with van der Waals surface area (Å²) in [5, 5.41) is 11.8. The first kappa shape index (κ1) is 21.8. The highest BCUT2D eigenvalue weighted by molar-refractivity contribution is 5.94. The highest BCUT2D eigenvalue weighted by Gasteiger charge is 2.19.